The number of aryl methyl sites for hydroxylation is 2. The molecule has 15 unspecified atom stereocenters. The first-order valence-corrected chi connectivity index (χ1v) is 64.1. The fourth-order valence-corrected chi connectivity index (χ4v) is 19.6. The maximum atomic E-state index is 4.93. The first kappa shape index (κ1) is 131. The van der Waals surface area contributed by atoms with Crippen molar-refractivity contribution in [2.45, 2.75) is 252 Å². The van der Waals surface area contributed by atoms with Crippen molar-refractivity contribution in [1.82, 2.24) is 0 Å². The Morgan fingerprint density at radius 3 is 0.903 bits per heavy atom. The zero-order valence-corrected chi connectivity index (χ0v) is 94.0. The molecule has 13 aliphatic rings. The van der Waals surface area contributed by atoms with Crippen molar-refractivity contribution in [2.75, 3.05) is 0 Å². The van der Waals surface area contributed by atoms with Crippen LogP contribution in [-0.2, 0) is 102 Å². The average Bonchev–Trinajstić information content (AvgIpc) is 1.72. The van der Waals surface area contributed by atoms with Crippen LogP contribution in [0.15, 0.2) is 268 Å². The molecule has 8 fully saturated rings. The van der Waals surface area contributed by atoms with Gasteiger partial charge in [-0.1, -0.05) is 343 Å². The van der Waals surface area contributed by atoms with Crippen molar-refractivity contribution in [1.29, 1.82) is 0 Å². The molecule has 15 atom stereocenters. The van der Waals surface area contributed by atoms with E-state index < -0.39 is 62.5 Å². The summed E-state index contributed by atoms with van der Waals surface area (Å²) in [4.78, 5) is 0. The number of rotatable bonds is 17. The Hall–Kier alpha value is -1.23. The van der Waals surface area contributed by atoms with E-state index in [4.69, 9.17) is 51.1 Å². The molecule has 0 saturated heterocycles. The van der Waals surface area contributed by atoms with Gasteiger partial charge in [-0.25, -0.2) is 0 Å². The Bertz CT molecular complexity index is 3130. The van der Waals surface area contributed by atoms with Gasteiger partial charge in [-0.3, -0.25) is 0 Å². The molecule has 0 spiro atoms. The van der Waals surface area contributed by atoms with Crippen LogP contribution < -0.4 is 0 Å². The van der Waals surface area contributed by atoms with Crippen LogP contribution >= 0.6 is 51.1 Å². The number of fused-ring (bicyclic) bond motifs is 5. The molecule has 0 nitrogen and oxygen atoms in total. The van der Waals surface area contributed by atoms with Crippen LogP contribution in [0.4, 0.5) is 0 Å². The summed E-state index contributed by atoms with van der Waals surface area (Å²) in [7, 11) is 29.6. The molecule has 0 aromatic heterocycles. The Kier molecular flexibility index (Phi) is 92.2. The minimum absolute atomic E-state index is 0. The molecule has 686 valence electrons. The van der Waals surface area contributed by atoms with Crippen LogP contribution in [0.2, 0.25) is 0 Å². The minimum atomic E-state index is -0.826. The molecule has 17 rings (SSSR count). The maximum Gasteiger partial charge on any atom is 4.00 e. The van der Waals surface area contributed by atoms with Gasteiger partial charge in [0.15, 0.2) is 0 Å². The van der Waals surface area contributed by atoms with Crippen molar-refractivity contribution < 1.29 is 88.7 Å². The summed E-state index contributed by atoms with van der Waals surface area (Å²) in [5.41, 5.74) is 5.13. The SMILES string of the molecule is C1=CC2CCC(CCc3ccccc3)C2C=C1.C1=CC2CCC(CCc3ccccc3)C2C=C1.C1=CC2CCCC2C=C1.C1=CC2CCCC2C=C1.C=CCC1CCC2C=CC=CC21.C=CCCC1CCCC1.CCCCC1CCC(C)C1.CCCCC1CCCC1.[CH2-]c1ccccc1.[CH2-]c1ccccc1.[CH3-].[CH3-].[CH3-].[CH3-].[CH3-].[CH3-].[CH3-].[CH3-].[Cl][Zr+2][Cl].[Cl][Zr+2][Cl].[Cl][Zr+2][Cl].[Zr+4]. The summed E-state index contributed by atoms with van der Waals surface area (Å²) in [5.74, 6) is 15.5. The average molecular weight is 2120 g/mol. The van der Waals surface area contributed by atoms with Gasteiger partial charge in [0.05, 0.1) is 0 Å². The molecule has 0 radical (unpaired) electrons. The van der Waals surface area contributed by atoms with E-state index in [-0.39, 0.29) is 85.6 Å². The monoisotopic (exact) mass is 2110 g/mol. The van der Waals surface area contributed by atoms with E-state index in [0.717, 1.165) is 112 Å². The Labute approximate surface area is 846 Å². The molecule has 8 saturated carbocycles. The Balaban J connectivity index is -0.000000420. The number of halogens is 6. The standard InChI is InChI=1S/2C17H20.C12H16.C10H20.2C9H12.C9H18.C9H16.2C7H7.8CH3.6ClH.4Zr/c2*1-2-6-14(7-3-1)10-11-16-13-12-15-8-4-5-9-17(15)16;1-2-5-10-8-9-11-6-3-4-7-12(10)11;1-3-4-5-10-7-6-9(2)8-10;2*1-2-5-9-7-3-6-8(9)4-1;2*1-2-3-6-9-7-4-5-8-9;2*1-7-5-3-2-4-6-7;;;;;;;;;;;;;;;;;;/h2*1-9,15-17H,10-13H2;2-4,6-7,10-12H,1,5,8-9H2;9-10H,3-8H2,1-2H3;2*1-2,4-5,8-9H,3,6-7H2;9H,2-8H2,1H3;2,9H,1,3-8H2;2*2-6H,1H2;8*1H3;6*1H;;;;/q;;;;;;;;10*-1;;;;;;;4*+4/p-6. The third kappa shape index (κ3) is 58.0. The van der Waals surface area contributed by atoms with Crippen molar-refractivity contribution >= 4 is 51.1 Å². The summed E-state index contributed by atoms with van der Waals surface area (Å²) in [6.07, 6.45) is 101. The number of unbranched alkanes of at least 4 members (excludes halogenated alkanes) is 2. The first-order chi connectivity index (χ1) is 56.4. The van der Waals surface area contributed by atoms with Crippen molar-refractivity contribution in [3.8, 4) is 0 Å². The van der Waals surface area contributed by atoms with E-state index in [9.17, 15) is 0 Å². The number of benzene rings is 4. The van der Waals surface area contributed by atoms with Gasteiger partial charge in [0.2, 0.25) is 0 Å². The topological polar surface area (TPSA) is 0 Å². The largest absolute Gasteiger partial charge is 4.00 e. The van der Waals surface area contributed by atoms with Crippen molar-refractivity contribution in [3.63, 3.8) is 0 Å². The van der Waals surface area contributed by atoms with Crippen LogP contribution in [0.25, 0.3) is 0 Å². The summed E-state index contributed by atoms with van der Waals surface area (Å²) < 4.78 is 0. The van der Waals surface area contributed by atoms with Gasteiger partial charge in [0.25, 0.3) is 0 Å². The van der Waals surface area contributed by atoms with Gasteiger partial charge in [-0.15, -0.1) is 37.4 Å². The number of allylic oxidation sites excluding steroid dienone is 22. The van der Waals surface area contributed by atoms with E-state index in [1.807, 2.05) is 66.7 Å². The third-order valence-corrected chi connectivity index (χ3v) is 26.0. The van der Waals surface area contributed by atoms with Crippen LogP contribution in [0.5, 0.6) is 0 Å². The van der Waals surface area contributed by atoms with Gasteiger partial charge in [0, 0.05) is 0 Å². The fraction of sp³-hybridized carbons (Fsp3) is 0.491. The molecule has 10 heteroatoms. The Morgan fingerprint density at radius 1 is 0.323 bits per heavy atom. The smallest absolute Gasteiger partial charge is 4.00 e. The predicted octanol–water partition coefficient (Wildman–Crippen LogP) is 38.8. The summed E-state index contributed by atoms with van der Waals surface area (Å²) >= 11 is -2.48. The molecule has 4 aromatic carbocycles. The zero-order chi connectivity index (χ0) is 82.4. The third-order valence-electron chi connectivity index (χ3n) is 26.0. The van der Waals surface area contributed by atoms with E-state index in [0.29, 0.717) is 0 Å². The molecule has 0 amide bonds. The predicted molar refractivity (Wildman–Crippen MR) is 554 cm³/mol. The molecule has 124 heavy (non-hydrogen) atoms. The number of hydrogen-bond donors (Lipinski definition) is 0. The van der Waals surface area contributed by atoms with Crippen LogP contribution in [-0.4, -0.2) is 0 Å². The zero-order valence-electron chi connectivity index (χ0n) is 79.6. The van der Waals surface area contributed by atoms with Gasteiger partial charge in [-0.05, 0) is 227 Å². The number of hydrogen-bond acceptors (Lipinski definition) is 0. The van der Waals surface area contributed by atoms with Crippen LogP contribution in [0.3, 0.4) is 0 Å². The van der Waals surface area contributed by atoms with E-state index in [1.165, 1.54) is 242 Å². The maximum absolute atomic E-state index is 4.93. The van der Waals surface area contributed by atoms with Crippen molar-refractivity contribution in [3.05, 3.63) is 364 Å². The van der Waals surface area contributed by atoms with E-state index in [2.05, 4.69) is 236 Å². The first-order valence-electron chi connectivity index (χ1n) is 45.1. The quantitative estimate of drug-likeness (QED) is 0.0730. The summed E-state index contributed by atoms with van der Waals surface area (Å²) in [5, 5.41) is 0. The van der Waals surface area contributed by atoms with Gasteiger partial charge >= 0.3 is 140 Å². The molecule has 13 aliphatic carbocycles. The second-order valence-electron chi connectivity index (χ2n) is 34.1. The minimum Gasteiger partial charge on any atom is 4.00 e. The van der Waals surface area contributed by atoms with Gasteiger partial charge < -0.3 is 59.4 Å². The second-order valence-corrected chi connectivity index (χ2v) is 45.3. The van der Waals surface area contributed by atoms with Crippen LogP contribution in [0.1, 0.15) is 261 Å². The molecule has 4 aromatic rings. The van der Waals surface area contributed by atoms with Crippen molar-refractivity contribution in [2.24, 2.45) is 101 Å². The normalized spacial score (nSPS) is 24.6. The second kappa shape index (κ2) is 87.1. The molecular weight excluding hydrogens is 1950 g/mol. The van der Waals surface area contributed by atoms with Gasteiger partial charge in [-0.2, -0.15) is 49.2 Å². The summed E-state index contributed by atoms with van der Waals surface area (Å²) in [6.45, 7) is 22.0. The molecule has 0 N–H and O–H groups in total. The van der Waals surface area contributed by atoms with E-state index in [1.54, 1.807) is 0 Å². The van der Waals surface area contributed by atoms with E-state index >= 15 is 0 Å². The summed E-state index contributed by atoms with van der Waals surface area (Å²) in [6, 6.07) is 41.6. The van der Waals surface area contributed by atoms with Gasteiger partial charge in [0.1, 0.15) is 0 Å². The molecule has 0 heterocycles. The fourth-order valence-electron chi connectivity index (χ4n) is 19.6. The molecular formula is C114H172Cl6Zr4. The molecule has 0 aliphatic heterocycles. The van der Waals surface area contributed by atoms with Crippen LogP contribution in [0, 0.1) is 174 Å². The molecule has 0 bridgehead atoms. The Morgan fingerprint density at radius 2 is 0.613 bits per heavy atom.